The molecule has 0 unspecified atom stereocenters. The van der Waals surface area contributed by atoms with E-state index >= 15 is 0 Å². The van der Waals surface area contributed by atoms with Gasteiger partial charge in [0, 0.05) is 17.0 Å². The molecule has 6 aromatic rings. The van der Waals surface area contributed by atoms with Crippen molar-refractivity contribution in [3.8, 4) is 22.6 Å². The molecular weight excluding hydrogens is 472 g/mol. The first kappa shape index (κ1) is 22.1. The Bertz CT molecular complexity index is 1750. The zero-order valence-electron chi connectivity index (χ0n) is 21.4. The van der Waals surface area contributed by atoms with Gasteiger partial charge in [-0.1, -0.05) is 140 Å². The fourth-order valence-electron chi connectivity index (χ4n) is 7.03. The Morgan fingerprint density at radius 1 is 0.410 bits per heavy atom. The monoisotopic (exact) mass is 498 g/mol. The molecule has 1 spiro atoms. The topological polar surface area (TPSA) is 9.23 Å². The Labute approximate surface area is 229 Å². The molecule has 0 saturated carbocycles. The summed E-state index contributed by atoms with van der Waals surface area (Å²) in [6.45, 7) is 0. The van der Waals surface area contributed by atoms with Gasteiger partial charge in [0.2, 0.25) is 0 Å². The van der Waals surface area contributed by atoms with Crippen LogP contribution >= 0.6 is 0 Å². The summed E-state index contributed by atoms with van der Waals surface area (Å²) < 4.78 is 6.76. The molecule has 1 aliphatic carbocycles. The lowest BCUT2D eigenvalue weighted by Gasteiger charge is -2.41. The third-order valence-corrected chi connectivity index (χ3v) is 8.47. The summed E-state index contributed by atoms with van der Waals surface area (Å²) in [5.74, 6) is 1.90. The van der Waals surface area contributed by atoms with Gasteiger partial charge in [0.25, 0.3) is 0 Å². The molecule has 6 aromatic carbocycles. The van der Waals surface area contributed by atoms with Crippen molar-refractivity contribution in [2.24, 2.45) is 0 Å². The van der Waals surface area contributed by atoms with Crippen LogP contribution in [0.3, 0.4) is 0 Å². The van der Waals surface area contributed by atoms with Crippen LogP contribution in [0.4, 0.5) is 0 Å². The van der Waals surface area contributed by atoms with E-state index in [0.717, 1.165) is 11.5 Å². The second kappa shape index (κ2) is 8.58. The molecular formula is C38H26O. The van der Waals surface area contributed by atoms with Crippen molar-refractivity contribution in [1.82, 2.24) is 0 Å². The van der Waals surface area contributed by atoms with Crippen molar-refractivity contribution in [2.75, 3.05) is 0 Å². The summed E-state index contributed by atoms with van der Waals surface area (Å²) in [5, 5.41) is 0. The number of hydrogen-bond donors (Lipinski definition) is 0. The lowest BCUT2D eigenvalue weighted by atomic mass is 9.63. The predicted octanol–water partition coefficient (Wildman–Crippen LogP) is 9.34. The molecule has 0 aromatic heterocycles. The van der Waals surface area contributed by atoms with E-state index in [4.69, 9.17) is 4.74 Å². The maximum absolute atomic E-state index is 6.76. The van der Waals surface area contributed by atoms with Crippen molar-refractivity contribution in [3.63, 3.8) is 0 Å². The third kappa shape index (κ3) is 3.08. The van der Waals surface area contributed by atoms with E-state index in [1.165, 1.54) is 50.1 Å². The second-order valence-corrected chi connectivity index (χ2v) is 10.4. The van der Waals surface area contributed by atoms with Gasteiger partial charge in [-0.2, -0.15) is 0 Å². The van der Waals surface area contributed by atoms with E-state index in [0.29, 0.717) is 0 Å². The van der Waals surface area contributed by atoms with Gasteiger partial charge in [-0.3, -0.25) is 0 Å². The Kier molecular flexibility index (Phi) is 4.87. The summed E-state index contributed by atoms with van der Waals surface area (Å²) in [5.41, 5.74) is 11.0. The molecule has 0 saturated heterocycles. The minimum Gasteiger partial charge on any atom is -0.457 e. The van der Waals surface area contributed by atoms with Crippen LogP contribution in [0, 0.1) is 0 Å². The first-order chi connectivity index (χ1) is 19.4. The molecule has 0 atom stereocenters. The van der Waals surface area contributed by atoms with Crippen molar-refractivity contribution in [2.45, 2.75) is 11.3 Å². The second-order valence-electron chi connectivity index (χ2n) is 10.4. The molecule has 0 fully saturated rings. The number of para-hydroxylation sites is 1. The summed E-state index contributed by atoms with van der Waals surface area (Å²) in [6, 6.07) is 54.8. The van der Waals surface area contributed by atoms with Gasteiger partial charge in [0.05, 0.1) is 5.41 Å². The van der Waals surface area contributed by atoms with Crippen molar-refractivity contribution in [1.29, 1.82) is 0 Å². The van der Waals surface area contributed by atoms with E-state index in [2.05, 4.69) is 152 Å². The van der Waals surface area contributed by atoms with Crippen molar-refractivity contribution in [3.05, 3.63) is 191 Å². The number of rotatable bonds is 3. The van der Waals surface area contributed by atoms with Crippen LogP contribution in [-0.4, -0.2) is 0 Å². The zero-order valence-corrected chi connectivity index (χ0v) is 21.4. The van der Waals surface area contributed by atoms with Crippen LogP contribution < -0.4 is 4.74 Å². The lowest BCUT2D eigenvalue weighted by Crippen LogP contribution is -2.34. The molecule has 1 heterocycles. The quantitative estimate of drug-likeness (QED) is 0.221. The largest absolute Gasteiger partial charge is 0.457 e. The number of benzene rings is 6. The lowest BCUT2D eigenvalue weighted by molar-refractivity contribution is 0.434. The molecule has 39 heavy (non-hydrogen) atoms. The van der Waals surface area contributed by atoms with Gasteiger partial charge in [-0.05, 0) is 51.1 Å². The molecule has 1 heteroatoms. The predicted molar refractivity (Wildman–Crippen MR) is 158 cm³/mol. The summed E-state index contributed by atoms with van der Waals surface area (Å²) in [4.78, 5) is 0. The minimum absolute atomic E-state index is 0.0491. The maximum Gasteiger partial charge on any atom is 0.132 e. The summed E-state index contributed by atoms with van der Waals surface area (Å²) in [6.07, 6.45) is 0. The Morgan fingerprint density at radius 2 is 0.897 bits per heavy atom. The van der Waals surface area contributed by atoms with Crippen LogP contribution in [0.2, 0.25) is 0 Å². The molecule has 2 aliphatic rings. The normalized spacial score (nSPS) is 13.8. The Hall–Kier alpha value is -4.88. The third-order valence-electron chi connectivity index (χ3n) is 8.47. The Morgan fingerprint density at radius 3 is 1.51 bits per heavy atom. The highest BCUT2D eigenvalue weighted by Crippen LogP contribution is 2.63. The fraction of sp³-hybridized carbons (Fsp3) is 0.0526. The molecule has 1 nitrogen and oxygen atoms in total. The van der Waals surface area contributed by atoms with Gasteiger partial charge in [0.15, 0.2) is 0 Å². The van der Waals surface area contributed by atoms with Crippen LogP contribution in [0.15, 0.2) is 152 Å². The van der Waals surface area contributed by atoms with Crippen LogP contribution in [-0.2, 0) is 5.41 Å². The van der Waals surface area contributed by atoms with Gasteiger partial charge in [-0.25, -0.2) is 0 Å². The van der Waals surface area contributed by atoms with Crippen molar-refractivity contribution < 1.29 is 4.74 Å². The maximum atomic E-state index is 6.76. The van der Waals surface area contributed by atoms with Gasteiger partial charge in [0.1, 0.15) is 11.5 Å². The molecule has 0 radical (unpaired) electrons. The first-order valence-corrected chi connectivity index (χ1v) is 13.6. The standard InChI is InChI=1S/C38H26O/c1-3-14-26(15-4-1)36(27-16-5-2-6-17-27)30-20-13-25-35-37(30)38(33-23-11-12-24-34(33)39-35)31-21-9-7-18-28(31)29-19-8-10-22-32(29)38/h1-25,36H. The average molecular weight is 499 g/mol. The van der Waals surface area contributed by atoms with Gasteiger partial charge < -0.3 is 4.74 Å². The fourth-order valence-corrected chi connectivity index (χ4v) is 7.03. The number of fused-ring (bicyclic) bond motifs is 9. The van der Waals surface area contributed by atoms with E-state index in [1.54, 1.807) is 0 Å². The van der Waals surface area contributed by atoms with E-state index < -0.39 is 5.41 Å². The Balaban J connectivity index is 1.54. The smallest absolute Gasteiger partial charge is 0.132 e. The van der Waals surface area contributed by atoms with Gasteiger partial charge >= 0.3 is 0 Å². The van der Waals surface area contributed by atoms with Crippen LogP contribution in [0.25, 0.3) is 11.1 Å². The van der Waals surface area contributed by atoms with Crippen LogP contribution in [0.5, 0.6) is 11.5 Å². The molecule has 0 N–H and O–H groups in total. The van der Waals surface area contributed by atoms with Crippen molar-refractivity contribution >= 4 is 0 Å². The van der Waals surface area contributed by atoms with Gasteiger partial charge in [-0.15, -0.1) is 0 Å². The van der Waals surface area contributed by atoms with E-state index in [9.17, 15) is 0 Å². The number of ether oxygens (including phenoxy) is 1. The zero-order chi connectivity index (χ0) is 25.8. The van der Waals surface area contributed by atoms with E-state index in [1.807, 2.05) is 0 Å². The molecule has 184 valence electrons. The molecule has 0 amide bonds. The van der Waals surface area contributed by atoms with Crippen LogP contribution in [0.1, 0.15) is 44.9 Å². The highest BCUT2D eigenvalue weighted by atomic mass is 16.5. The highest BCUT2D eigenvalue weighted by Gasteiger charge is 2.52. The van der Waals surface area contributed by atoms with E-state index in [-0.39, 0.29) is 5.92 Å². The summed E-state index contributed by atoms with van der Waals surface area (Å²) in [7, 11) is 0. The minimum atomic E-state index is -0.490. The SMILES string of the molecule is c1ccc(C(c2ccccc2)c2cccc3c2C2(c4ccccc4O3)c3ccccc3-c3ccccc32)cc1. The molecule has 8 rings (SSSR count). The first-order valence-electron chi connectivity index (χ1n) is 13.6. The number of hydrogen-bond acceptors (Lipinski definition) is 1. The summed E-state index contributed by atoms with van der Waals surface area (Å²) >= 11 is 0. The molecule has 1 aliphatic heterocycles. The highest BCUT2D eigenvalue weighted by molar-refractivity contribution is 5.89. The molecule has 0 bridgehead atoms. The average Bonchev–Trinajstić information content (AvgIpc) is 3.29.